The fraction of sp³-hybridized carbons (Fsp3) is 0.364. The summed E-state index contributed by atoms with van der Waals surface area (Å²) in [5.74, 6) is 0.369. The van der Waals surface area contributed by atoms with Gasteiger partial charge in [0.05, 0.1) is 13.7 Å². The van der Waals surface area contributed by atoms with Crippen LogP contribution in [0, 0.1) is 0 Å². The number of carbonyl (C=O) groups excluding carboxylic acids is 1. The predicted molar refractivity (Wildman–Crippen MR) is 61.5 cm³/mol. The van der Waals surface area contributed by atoms with Gasteiger partial charge in [-0.25, -0.2) is 5.48 Å². The molecule has 0 fully saturated rings. The third-order valence-electron chi connectivity index (χ3n) is 1.93. The molecule has 88 valence electrons. The number of hydroxylamine groups is 1. The summed E-state index contributed by atoms with van der Waals surface area (Å²) in [6, 6.07) is 7.67. The summed E-state index contributed by atoms with van der Waals surface area (Å²) < 4.78 is 5.09. The molecule has 1 aromatic carbocycles. The van der Waals surface area contributed by atoms with E-state index in [1.165, 1.54) is 0 Å². The first-order chi connectivity index (χ1) is 7.76. The van der Waals surface area contributed by atoms with Crippen LogP contribution in [0.2, 0.25) is 0 Å². The third kappa shape index (κ3) is 4.51. The molecule has 0 heterocycles. The second-order valence-electron chi connectivity index (χ2n) is 3.11. The summed E-state index contributed by atoms with van der Waals surface area (Å²) in [4.78, 5) is 15.7. The zero-order valence-electron chi connectivity index (χ0n) is 9.03. The molecule has 0 spiro atoms. The van der Waals surface area contributed by atoms with E-state index in [9.17, 15) is 4.79 Å². The van der Waals surface area contributed by atoms with Crippen LogP contribution in [0.1, 0.15) is 5.56 Å². The molecule has 0 radical (unpaired) electrons. The third-order valence-corrected chi connectivity index (χ3v) is 2.18. The molecule has 4 nitrogen and oxygen atoms in total. The smallest absolute Gasteiger partial charge is 0.258 e. The average molecular weight is 244 g/mol. The highest BCUT2D eigenvalue weighted by atomic mass is 35.5. The minimum Gasteiger partial charge on any atom is -0.497 e. The number of alkyl halides is 1. The lowest BCUT2D eigenvalue weighted by atomic mass is 10.1. The zero-order chi connectivity index (χ0) is 11.8. The van der Waals surface area contributed by atoms with Gasteiger partial charge in [-0.15, -0.1) is 11.6 Å². The Bertz CT molecular complexity index is 344. The van der Waals surface area contributed by atoms with Crippen molar-refractivity contribution in [3.63, 3.8) is 0 Å². The van der Waals surface area contributed by atoms with Crippen LogP contribution in [0.15, 0.2) is 24.3 Å². The Morgan fingerprint density at radius 1 is 1.50 bits per heavy atom. The maximum Gasteiger partial charge on any atom is 0.258 e. The number of benzene rings is 1. The highest BCUT2D eigenvalue weighted by Gasteiger charge is 1.99. The summed E-state index contributed by atoms with van der Waals surface area (Å²) in [5.41, 5.74) is 3.31. The number of hydrogen-bond donors (Lipinski definition) is 1. The van der Waals surface area contributed by atoms with E-state index >= 15 is 0 Å². The van der Waals surface area contributed by atoms with Crippen molar-refractivity contribution in [1.29, 1.82) is 0 Å². The lowest BCUT2D eigenvalue weighted by Crippen LogP contribution is -2.25. The van der Waals surface area contributed by atoms with Gasteiger partial charge >= 0.3 is 0 Å². The monoisotopic (exact) mass is 243 g/mol. The van der Waals surface area contributed by atoms with E-state index in [4.69, 9.17) is 21.2 Å². The Balaban J connectivity index is 2.28. The van der Waals surface area contributed by atoms with Crippen LogP contribution in [0.25, 0.3) is 0 Å². The van der Waals surface area contributed by atoms with Crippen molar-refractivity contribution in [3.8, 4) is 5.75 Å². The number of amides is 1. The summed E-state index contributed by atoms with van der Waals surface area (Å²) >= 11 is 5.28. The Morgan fingerprint density at radius 3 is 3.00 bits per heavy atom. The van der Waals surface area contributed by atoms with E-state index in [-0.39, 0.29) is 11.8 Å². The van der Waals surface area contributed by atoms with Crippen molar-refractivity contribution >= 4 is 17.5 Å². The maximum atomic E-state index is 10.7. The van der Waals surface area contributed by atoms with E-state index < -0.39 is 0 Å². The molecule has 0 aromatic heterocycles. The molecule has 1 rings (SSSR count). The summed E-state index contributed by atoms with van der Waals surface area (Å²) in [5, 5.41) is 0. The number of hydrogen-bond acceptors (Lipinski definition) is 3. The largest absolute Gasteiger partial charge is 0.497 e. The van der Waals surface area contributed by atoms with Crippen LogP contribution >= 0.6 is 11.6 Å². The molecule has 16 heavy (non-hydrogen) atoms. The van der Waals surface area contributed by atoms with Crippen LogP contribution in [0.3, 0.4) is 0 Å². The molecule has 0 atom stereocenters. The second kappa shape index (κ2) is 7.09. The van der Waals surface area contributed by atoms with Gasteiger partial charge in [0.25, 0.3) is 5.91 Å². The number of ether oxygens (including phenoxy) is 1. The second-order valence-corrected chi connectivity index (χ2v) is 3.38. The maximum absolute atomic E-state index is 10.7. The Kier molecular flexibility index (Phi) is 5.67. The molecule has 1 aromatic rings. The normalized spacial score (nSPS) is 9.88. The molecule has 0 aliphatic rings. The van der Waals surface area contributed by atoms with Gasteiger partial charge in [0.15, 0.2) is 0 Å². The molecule has 0 saturated heterocycles. The van der Waals surface area contributed by atoms with Crippen molar-refractivity contribution in [3.05, 3.63) is 29.8 Å². The Labute approximate surface area is 99.5 Å². The van der Waals surface area contributed by atoms with Gasteiger partial charge in [-0.3, -0.25) is 9.63 Å². The van der Waals surface area contributed by atoms with Crippen molar-refractivity contribution in [1.82, 2.24) is 5.48 Å². The lowest BCUT2D eigenvalue weighted by molar-refractivity contribution is -0.130. The van der Waals surface area contributed by atoms with Crippen LogP contribution < -0.4 is 10.2 Å². The Morgan fingerprint density at radius 2 is 2.31 bits per heavy atom. The number of nitrogens with one attached hydrogen (secondary N) is 1. The van der Waals surface area contributed by atoms with Gasteiger partial charge in [-0.2, -0.15) is 0 Å². The molecule has 0 aliphatic heterocycles. The average Bonchev–Trinajstić information content (AvgIpc) is 2.34. The van der Waals surface area contributed by atoms with Crippen LogP contribution in [-0.4, -0.2) is 25.5 Å². The van der Waals surface area contributed by atoms with E-state index in [1.807, 2.05) is 24.3 Å². The SMILES string of the molecule is COc1cccc(CCONC(=O)CCl)c1. The highest BCUT2D eigenvalue weighted by molar-refractivity contribution is 6.27. The summed E-state index contributed by atoms with van der Waals surface area (Å²) in [6.45, 7) is 0.399. The van der Waals surface area contributed by atoms with Gasteiger partial charge in [0.1, 0.15) is 11.6 Å². The van der Waals surface area contributed by atoms with E-state index in [0.29, 0.717) is 13.0 Å². The fourth-order valence-corrected chi connectivity index (χ4v) is 1.21. The molecular weight excluding hydrogens is 230 g/mol. The molecule has 0 bridgehead atoms. The highest BCUT2D eigenvalue weighted by Crippen LogP contribution is 2.12. The Hall–Kier alpha value is -1.26. The van der Waals surface area contributed by atoms with Gasteiger partial charge < -0.3 is 4.74 Å². The summed E-state index contributed by atoms with van der Waals surface area (Å²) in [7, 11) is 1.62. The van der Waals surface area contributed by atoms with Crippen LogP contribution in [0.4, 0.5) is 0 Å². The zero-order valence-corrected chi connectivity index (χ0v) is 9.79. The number of halogens is 1. The summed E-state index contributed by atoms with van der Waals surface area (Å²) in [6.07, 6.45) is 0.694. The minimum atomic E-state index is -0.340. The van der Waals surface area contributed by atoms with Gasteiger partial charge in [-0.1, -0.05) is 12.1 Å². The molecular formula is C11H14ClNO3. The molecule has 0 aliphatic carbocycles. The first-order valence-corrected chi connectivity index (χ1v) is 5.39. The van der Waals surface area contributed by atoms with Crippen molar-refractivity contribution < 1.29 is 14.4 Å². The van der Waals surface area contributed by atoms with Crippen LogP contribution in [-0.2, 0) is 16.1 Å². The van der Waals surface area contributed by atoms with Gasteiger partial charge in [0, 0.05) is 0 Å². The first-order valence-electron chi connectivity index (χ1n) is 4.86. The van der Waals surface area contributed by atoms with E-state index in [2.05, 4.69) is 5.48 Å². The van der Waals surface area contributed by atoms with Gasteiger partial charge in [0.2, 0.25) is 0 Å². The lowest BCUT2D eigenvalue weighted by Gasteiger charge is -2.05. The molecule has 1 N–H and O–H groups in total. The fourth-order valence-electron chi connectivity index (χ4n) is 1.16. The number of carbonyl (C=O) groups is 1. The molecule has 1 amide bonds. The molecule has 5 heteroatoms. The predicted octanol–water partition coefficient (Wildman–Crippen LogP) is 1.52. The molecule has 0 unspecified atom stereocenters. The minimum absolute atomic E-state index is 0.0981. The number of rotatable bonds is 6. The molecule has 0 saturated carbocycles. The first kappa shape index (κ1) is 12.8. The topological polar surface area (TPSA) is 47.6 Å². The van der Waals surface area contributed by atoms with E-state index in [0.717, 1.165) is 11.3 Å². The van der Waals surface area contributed by atoms with Crippen molar-refractivity contribution in [2.45, 2.75) is 6.42 Å². The quantitative estimate of drug-likeness (QED) is 0.468. The van der Waals surface area contributed by atoms with Gasteiger partial charge in [-0.05, 0) is 24.1 Å². The van der Waals surface area contributed by atoms with E-state index in [1.54, 1.807) is 7.11 Å². The van der Waals surface area contributed by atoms with Crippen LogP contribution in [0.5, 0.6) is 5.75 Å². The standard InChI is InChI=1S/C11H14ClNO3/c1-15-10-4-2-3-9(7-10)5-6-16-13-11(14)8-12/h2-4,7H,5-6,8H2,1H3,(H,13,14). The van der Waals surface area contributed by atoms with Crippen molar-refractivity contribution in [2.75, 3.05) is 19.6 Å². The number of methoxy groups -OCH3 is 1. The van der Waals surface area contributed by atoms with Crippen molar-refractivity contribution in [2.24, 2.45) is 0 Å².